The van der Waals surface area contributed by atoms with Crippen molar-refractivity contribution in [2.75, 3.05) is 7.05 Å². The minimum absolute atomic E-state index is 0.122. The fourth-order valence-corrected chi connectivity index (χ4v) is 3.66. The Hall–Kier alpha value is -3.08. The highest BCUT2D eigenvalue weighted by molar-refractivity contribution is 6.24. The second-order valence-electron chi connectivity index (χ2n) is 6.99. The van der Waals surface area contributed by atoms with Gasteiger partial charge in [-0.15, -0.1) is 0 Å². The second kappa shape index (κ2) is 5.73. The van der Waals surface area contributed by atoms with Gasteiger partial charge < -0.3 is 0 Å². The van der Waals surface area contributed by atoms with Crippen molar-refractivity contribution in [3.63, 3.8) is 0 Å². The van der Waals surface area contributed by atoms with Crippen LogP contribution in [0.1, 0.15) is 59.0 Å². The monoisotopic (exact) mass is 347 g/mol. The molecular weight excluding hydrogens is 330 g/mol. The van der Waals surface area contributed by atoms with Gasteiger partial charge >= 0.3 is 0 Å². The van der Waals surface area contributed by atoms with Gasteiger partial charge in [0.1, 0.15) is 0 Å². The maximum Gasteiger partial charge on any atom is 0.261 e. The summed E-state index contributed by atoms with van der Waals surface area (Å²) < 4.78 is 0. The first-order valence-corrected chi connectivity index (χ1v) is 8.50. The van der Waals surface area contributed by atoms with E-state index >= 15 is 0 Å². The molecule has 2 amide bonds. The van der Waals surface area contributed by atoms with Crippen LogP contribution in [0.5, 0.6) is 0 Å². The van der Waals surface area contributed by atoms with Crippen molar-refractivity contribution in [2.24, 2.45) is 5.92 Å². The standard InChI is InChI=1S/C21H17NO4/c1-11-3-5-12(6-4-11)7-13-8-18(23)14-9-16-17(10-15(14)19(13)24)21(26)22(2)20(16)25/h3-6,9-10,13H,7-8H2,1-2H3. The Kier molecular flexibility index (Phi) is 3.61. The summed E-state index contributed by atoms with van der Waals surface area (Å²) in [5.41, 5.74) is 3.05. The number of hydrogen-bond acceptors (Lipinski definition) is 4. The van der Waals surface area contributed by atoms with Crippen molar-refractivity contribution in [1.82, 2.24) is 4.90 Å². The number of Topliss-reactive ketones (excluding diaryl/α,β-unsaturated/α-hetero) is 2. The zero-order chi connectivity index (χ0) is 18.6. The summed E-state index contributed by atoms with van der Waals surface area (Å²) in [5, 5.41) is 0. The molecule has 130 valence electrons. The highest BCUT2D eigenvalue weighted by Crippen LogP contribution is 2.33. The van der Waals surface area contributed by atoms with Gasteiger partial charge in [-0.2, -0.15) is 0 Å². The summed E-state index contributed by atoms with van der Waals surface area (Å²) in [6, 6.07) is 10.7. The fourth-order valence-electron chi connectivity index (χ4n) is 3.66. The fraction of sp³-hybridized carbons (Fsp3) is 0.238. The molecule has 2 aromatic carbocycles. The molecule has 0 spiro atoms. The molecule has 0 radical (unpaired) electrons. The molecule has 2 aromatic rings. The van der Waals surface area contributed by atoms with E-state index in [4.69, 9.17) is 0 Å². The first-order chi connectivity index (χ1) is 12.4. The molecule has 1 heterocycles. The van der Waals surface area contributed by atoms with Gasteiger partial charge in [0.05, 0.1) is 11.1 Å². The Balaban J connectivity index is 1.72. The molecule has 4 rings (SSSR count). The van der Waals surface area contributed by atoms with E-state index in [1.807, 2.05) is 31.2 Å². The van der Waals surface area contributed by atoms with Gasteiger partial charge in [-0.1, -0.05) is 29.8 Å². The third kappa shape index (κ3) is 2.39. The largest absolute Gasteiger partial charge is 0.294 e. The summed E-state index contributed by atoms with van der Waals surface area (Å²) in [6.07, 6.45) is 0.602. The zero-order valence-corrected chi connectivity index (χ0v) is 14.5. The summed E-state index contributed by atoms with van der Waals surface area (Å²) in [6.45, 7) is 1.99. The number of fused-ring (bicyclic) bond motifs is 2. The van der Waals surface area contributed by atoms with E-state index in [0.717, 1.165) is 16.0 Å². The number of benzene rings is 2. The number of hydrogen-bond donors (Lipinski definition) is 0. The van der Waals surface area contributed by atoms with Crippen LogP contribution in [0.2, 0.25) is 0 Å². The molecule has 26 heavy (non-hydrogen) atoms. The van der Waals surface area contributed by atoms with Crippen LogP contribution in [-0.4, -0.2) is 35.3 Å². The lowest BCUT2D eigenvalue weighted by Gasteiger charge is -2.23. The number of imide groups is 1. The molecule has 0 saturated heterocycles. The molecule has 0 N–H and O–H groups in total. The molecular formula is C21H17NO4. The van der Waals surface area contributed by atoms with E-state index in [1.54, 1.807) is 0 Å². The van der Waals surface area contributed by atoms with Crippen molar-refractivity contribution in [2.45, 2.75) is 19.8 Å². The van der Waals surface area contributed by atoms with E-state index in [9.17, 15) is 19.2 Å². The molecule has 5 nitrogen and oxygen atoms in total. The van der Waals surface area contributed by atoms with Crippen LogP contribution < -0.4 is 0 Å². The number of rotatable bonds is 2. The van der Waals surface area contributed by atoms with E-state index in [-0.39, 0.29) is 40.2 Å². The predicted octanol–water partition coefficient (Wildman–Crippen LogP) is 2.85. The van der Waals surface area contributed by atoms with Crippen molar-refractivity contribution in [3.05, 3.63) is 69.8 Å². The van der Waals surface area contributed by atoms with Gasteiger partial charge in [0, 0.05) is 30.5 Å². The molecule has 1 unspecified atom stereocenters. The van der Waals surface area contributed by atoms with E-state index < -0.39 is 17.7 Å². The number of aryl methyl sites for hydroxylation is 1. The summed E-state index contributed by atoms with van der Waals surface area (Å²) in [7, 11) is 1.40. The van der Waals surface area contributed by atoms with Crippen LogP contribution in [0.25, 0.3) is 0 Å². The van der Waals surface area contributed by atoms with Gasteiger partial charge in [-0.05, 0) is 31.0 Å². The Morgan fingerprint density at radius 2 is 1.46 bits per heavy atom. The van der Waals surface area contributed by atoms with E-state index in [2.05, 4.69) is 0 Å². The van der Waals surface area contributed by atoms with Crippen molar-refractivity contribution in [1.29, 1.82) is 0 Å². The van der Waals surface area contributed by atoms with Crippen LogP contribution in [0, 0.1) is 12.8 Å². The first-order valence-electron chi connectivity index (χ1n) is 8.50. The lowest BCUT2D eigenvalue weighted by atomic mass is 9.78. The molecule has 0 saturated carbocycles. The Morgan fingerprint density at radius 3 is 2.08 bits per heavy atom. The Morgan fingerprint density at radius 1 is 0.885 bits per heavy atom. The minimum atomic E-state index is -0.444. The number of amides is 2. The normalized spacial score (nSPS) is 19.0. The highest BCUT2D eigenvalue weighted by Gasteiger charge is 2.39. The van der Waals surface area contributed by atoms with Crippen molar-refractivity contribution in [3.8, 4) is 0 Å². The lowest BCUT2D eigenvalue weighted by molar-refractivity contribution is 0.0692. The number of ketones is 2. The van der Waals surface area contributed by atoms with Crippen LogP contribution in [-0.2, 0) is 6.42 Å². The van der Waals surface area contributed by atoms with Crippen LogP contribution in [0.15, 0.2) is 36.4 Å². The maximum absolute atomic E-state index is 12.9. The third-order valence-electron chi connectivity index (χ3n) is 5.20. The van der Waals surface area contributed by atoms with E-state index in [1.165, 1.54) is 19.2 Å². The van der Waals surface area contributed by atoms with Crippen molar-refractivity contribution >= 4 is 23.4 Å². The number of nitrogens with zero attached hydrogens (tertiary/aromatic N) is 1. The summed E-state index contributed by atoms with van der Waals surface area (Å²) in [5.74, 6) is -1.61. The van der Waals surface area contributed by atoms with Crippen molar-refractivity contribution < 1.29 is 19.2 Å². The van der Waals surface area contributed by atoms with Crippen LogP contribution >= 0.6 is 0 Å². The highest BCUT2D eigenvalue weighted by atomic mass is 16.2. The molecule has 5 heteroatoms. The van der Waals surface area contributed by atoms with E-state index in [0.29, 0.717) is 6.42 Å². The molecule has 1 aliphatic heterocycles. The molecule has 0 aromatic heterocycles. The summed E-state index contributed by atoms with van der Waals surface area (Å²) in [4.78, 5) is 50.9. The molecule has 1 aliphatic carbocycles. The molecule has 0 bridgehead atoms. The van der Waals surface area contributed by atoms with Gasteiger partial charge in [0.2, 0.25) is 0 Å². The SMILES string of the molecule is Cc1ccc(CC2CC(=O)c3cc4c(cc3C2=O)C(=O)N(C)C4=O)cc1. The third-order valence-corrected chi connectivity index (χ3v) is 5.20. The number of carbonyl (C=O) groups is 4. The van der Waals surface area contributed by atoms with Gasteiger partial charge in [-0.3, -0.25) is 24.1 Å². The average Bonchev–Trinajstić information content (AvgIpc) is 2.84. The smallest absolute Gasteiger partial charge is 0.261 e. The summed E-state index contributed by atoms with van der Waals surface area (Å²) >= 11 is 0. The van der Waals surface area contributed by atoms with Crippen LogP contribution in [0.4, 0.5) is 0 Å². The maximum atomic E-state index is 12.9. The topological polar surface area (TPSA) is 71.5 Å². The Bertz CT molecular complexity index is 988. The molecule has 0 fully saturated rings. The first kappa shape index (κ1) is 16.4. The van der Waals surface area contributed by atoms with Gasteiger partial charge in [0.15, 0.2) is 11.6 Å². The Labute approximate surface area is 150 Å². The van der Waals surface area contributed by atoms with Crippen LogP contribution in [0.3, 0.4) is 0 Å². The lowest BCUT2D eigenvalue weighted by Crippen LogP contribution is -2.29. The predicted molar refractivity (Wildman–Crippen MR) is 94.5 cm³/mol. The molecule has 2 aliphatic rings. The molecule has 1 atom stereocenters. The quantitative estimate of drug-likeness (QED) is 0.783. The number of carbonyl (C=O) groups excluding carboxylic acids is 4. The average molecular weight is 347 g/mol. The second-order valence-corrected chi connectivity index (χ2v) is 6.99. The van der Waals surface area contributed by atoms with Gasteiger partial charge in [-0.25, -0.2) is 0 Å². The van der Waals surface area contributed by atoms with Gasteiger partial charge in [0.25, 0.3) is 11.8 Å². The zero-order valence-electron chi connectivity index (χ0n) is 14.5. The minimum Gasteiger partial charge on any atom is -0.294 e.